The monoisotopic (exact) mass is 261 g/mol. The Bertz CT molecular complexity index is 536. The predicted octanol–water partition coefficient (Wildman–Crippen LogP) is 1.09. The van der Waals surface area contributed by atoms with Crippen molar-refractivity contribution in [3.8, 4) is 0 Å². The third kappa shape index (κ3) is 2.96. The zero-order chi connectivity index (χ0) is 13.8. The average molecular weight is 261 g/mol. The first-order chi connectivity index (χ1) is 9.17. The molecule has 5 nitrogen and oxygen atoms in total. The van der Waals surface area contributed by atoms with E-state index >= 15 is 0 Å². The van der Waals surface area contributed by atoms with Crippen molar-refractivity contribution in [3.05, 3.63) is 24.2 Å². The summed E-state index contributed by atoms with van der Waals surface area (Å²) in [6.45, 7) is 4.32. The Hall–Kier alpha value is -1.40. The molecule has 0 amide bonds. The van der Waals surface area contributed by atoms with E-state index in [-0.39, 0.29) is 0 Å². The van der Waals surface area contributed by atoms with Crippen molar-refractivity contribution in [2.75, 3.05) is 0 Å². The van der Waals surface area contributed by atoms with Crippen LogP contribution in [0.4, 0.5) is 0 Å². The highest BCUT2D eigenvalue weighted by Crippen LogP contribution is 2.24. The second-order valence-corrected chi connectivity index (χ2v) is 4.90. The molecule has 0 unspecified atom stereocenters. The smallest absolute Gasteiger partial charge is 0.423 e. The molecule has 0 aliphatic carbocycles. The molecule has 0 radical (unpaired) electrons. The lowest BCUT2D eigenvalue weighted by Gasteiger charge is -2.13. The maximum absolute atomic E-state index is 9.26. The van der Waals surface area contributed by atoms with Crippen LogP contribution in [-0.4, -0.2) is 31.8 Å². The Morgan fingerprint density at radius 2 is 1.84 bits per heavy atom. The van der Waals surface area contributed by atoms with Crippen LogP contribution in [0.2, 0.25) is 0 Å². The highest BCUT2D eigenvalue weighted by Gasteiger charge is 2.18. The second-order valence-electron chi connectivity index (χ2n) is 4.90. The third-order valence-electron chi connectivity index (χ3n) is 3.39. The molecule has 2 aromatic heterocycles. The molecule has 2 heterocycles. The van der Waals surface area contributed by atoms with Crippen LogP contribution in [0.3, 0.4) is 0 Å². The molecule has 0 atom stereocenters. The van der Waals surface area contributed by atoms with E-state index in [4.69, 9.17) is 0 Å². The topological polar surface area (TPSA) is 70.7 Å². The molecular formula is C13H20BN3O2. The van der Waals surface area contributed by atoms with Gasteiger partial charge in [-0.2, -0.15) is 0 Å². The molecule has 0 aliphatic rings. The van der Waals surface area contributed by atoms with Crippen molar-refractivity contribution in [2.24, 2.45) is 0 Å². The van der Waals surface area contributed by atoms with Gasteiger partial charge in [-0.3, -0.25) is 4.40 Å². The van der Waals surface area contributed by atoms with E-state index < -0.39 is 7.12 Å². The van der Waals surface area contributed by atoms with Gasteiger partial charge in [0.15, 0.2) is 5.65 Å². The zero-order valence-electron chi connectivity index (χ0n) is 11.5. The van der Waals surface area contributed by atoms with Crippen LogP contribution in [-0.2, 0) is 0 Å². The largest absolute Gasteiger partial charge is 0.489 e. The van der Waals surface area contributed by atoms with Crippen LogP contribution in [0.25, 0.3) is 5.65 Å². The highest BCUT2D eigenvalue weighted by molar-refractivity contribution is 6.58. The number of fused-ring (bicyclic) bond motifs is 1. The van der Waals surface area contributed by atoms with Crippen molar-refractivity contribution in [3.63, 3.8) is 0 Å². The van der Waals surface area contributed by atoms with Gasteiger partial charge in [0.25, 0.3) is 0 Å². The van der Waals surface area contributed by atoms with Gasteiger partial charge in [0.1, 0.15) is 5.82 Å². The van der Waals surface area contributed by atoms with E-state index in [1.165, 1.54) is 0 Å². The molecule has 102 valence electrons. The van der Waals surface area contributed by atoms with E-state index in [2.05, 4.69) is 24.0 Å². The SMILES string of the molecule is CCCC(CCC)c1nnc2ccc(B(O)O)cn12. The van der Waals surface area contributed by atoms with E-state index in [0.717, 1.165) is 37.2 Å². The van der Waals surface area contributed by atoms with Crippen LogP contribution >= 0.6 is 0 Å². The van der Waals surface area contributed by atoms with Crippen molar-refractivity contribution in [1.82, 2.24) is 14.6 Å². The van der Waals surface area contributed by atoms with E-state index in [9.17, 15) is 10.0 Å². The summed E-state index contributed by atoms with van der Waals surface area (Å²) in [7, 11) is -1.46. The molecule has 2 aromatic rings. The molecule has 0 fully saturated rings. The number of rotatable bonds is 6. The summed E-state index contributed by atoms with van der Waals surface area (Å²) < 4.78 is 1.88. The number of nitrogens with zero attached hydrogens (tertiary/aromatic N) is 3. The van der Waals surface area contributed by atoms with Gasteiger partial charge in [0, 0.05) is 12.1 Å². The maximum Gasteiger partial charge on any atom is 0.489 e. The minimum Gasteiger partial charge on any atom is -0.423 e. The van der Waals surface area contributed by atoms with Gasteiger partial charge in [-0.05, 0) is 24.4 Å². The fraction of sp³-hybridized carbons (Fsp3) is 0.538. The lowest BCUT2D eigenvalue weighted by atomic mass is 9.82. The average Bonchev–Trinajstić information content (AvgIpc) is 2.81. The summed E-state index contributed by atoms with van der Waals surface area (Å²) >= 11 is 0. The highest BCUT2D eigenvalue weighted by atomic mass is 16.4. The molecule has 2 rings (SSSR count). The van der Waals surface area contributed by atoms with Crippen molar-refractivity contribution in [2.45, 2.75) is 45.4 Å². The van der Waals surface area contributed by atoms with Crippen molar-refractivity contribution in [1.29, 1.82) is 0 Å². The van der Waals surface area contributed by atoms with Gasteiger partial charge in [-0.25, -0.2) is 0 Å². The summed E-state index contributed by atoms with van der Waals surface area (Å²) in [5.74, 6) is 1.29. The molecule has 0 saturated heterocycles. The molecule has 6 heteroatoms. The third-order valence-corrected chi connectivity index (χ3v) is 3.39. The Morgan fingerprint density at radius 1 is 1.16 bits per heavy atom. The number of hydrogen-bond donors (Lipinski definition) is 2. The van der Waals surface area contributed by atoms with Gasteiger partial charge in [0.05, 0.1) is 0 Å². The van der Waals surface area contributed by atoms with E-state index in [1.54, 1.807) is 18.3 Å². The summed E-state index contributed by atoms with van der Waals surface area (Å²) in [5.41, 5.74) is 1.21. The molecule has 0 spiro atoms. The summed E-state index contributed by atoms with van der Waals surface area (Å²) in [6.07, 6.45) is 6.05. The molecular weight excluding hydrogens is 241 g/mol. The van der Waals surface area contributed by atoms with Gasteiger partial charge in [0.2, 0.25) is 0 Å². The van der Waals surface area contributed by atoms with Crippen molar-refractivity contribution >= 4 is 18.2 Å². The van der Waals surface area contributed by atoms with Crippen LogP contribution < -0.4 is 5.46 Å². The summed E-state index contributed by atoms with van der Waals surface area (Å²) in [6, 6.07) is 3.42. The number of aromatic nitrogens is 3. The lowest BCUT2D eigenvalue weighted by molar-refractivity contribution is 0.425. The Morgan fingerprint density at radius 3 is 2.42 bits per heavy atom. The van der Waals surface area contributed by atoms with Crippen LogP contribution in [0.1, 0.15) is 51.3 Å². The Labute approximate surface area is 113 Å². The normalized spacial score (nSPS) is 11.4. The molecule has 0 aromatic carbocycles. The van der Waals surface area contributed by atoms with Crippen molar-refractivity contribution < 1.29 is 10.0 Å². The van der Waals surface area contributed by atoms with Crippen LogP contribution in [0, 0.1) is 0 Å². The zero-order valence-corrected chi connectivity index (χ0v) is 11.5. The van der Waals surface area contributed by atoms with E-state index in [0.29, 0.717) is 11.4 Å². The fourth-order valence-corrected chi connectivity index (χ4v) is 2.46. The minimum atomic E-state index is -1.46. The molecule has 2 N–H and O–H groups in total. The van der Waals surface area contributed by atoms with Gasteiger partial charge in [-0.15, -0.1) is 10.2 Å². The number of hydrogen-bond acceptors (Lipinski definition) is 4. The molecule has 0 saturated carbocycles. The minimum absolute atomic E-state index is 0.371. The first-order valence-electron chi connectivity index (χ1n) is 6.88. The van der Waals surface area contributed by atoms with Crippen LogP contribution in [0.5, 0.6) is 0 Å². The molecule has 0 bridgehead atoms. The standard InChI is InChI=1S/C13H20BN3O2/c1-3-5-10(6-4-2)13-16-15-12-8-7-11(14(18)19)9-17(12)13/h7-10,18-19H,3-6H2,1-2H3. The second kappa shape index (κ2) is 6.17. The predicted molar refractivity (Wildman–Crippen MR) is 75.4 cm³/mol. The first kappa shape index (κ1) is 14.0. The molecule has 19 heavy (non-hydrogen) atoms. The maximum atomic E-state index is 9.26. The van der Waals surface area contributed by atoms with E-state index in [1.807, 2.05) is 4.40 Å². The Kier molecular flexibility index (Phi) is 4.55. The molecule has 0 aliphatic heterocycles. The first-order valence-corrected chi connectivity index (χ1v) is 6.88. The number of pyridine rings is 1. The summed E-state index contributed by atoms with van der Waals surface area (Å²) in [5, 5.41) is 27.0. The Balaban J connectivity index is 2.43. The van der Waals surface area contributed by atoms with Crippen LogP contribution in [0.15, 0.2) is 18.3 Å². The quantitative estimate of drug-likeness (QED) is 0.764. The van der Waals surface area contributed by atoms with Gasteiger partial charge in [-0.1, -0.05) is 32.8 Å². The van der Waals surface area contributed by atoms with Gasteiger partial charge >= 0.3 is 7.12 Å². The lowest BCUT2D eigenvalue weighted by Crippen LogP contribution is -2.30. The fourth-order valence-electron chi connectivity index (χ4n) is 2.46. The van der Waals surface area contributed by atoms with Gasteiger partial charge < -0.3 is 10.0 Å². The summed E-state index contributed by atoms with van der Waals surface area (Å²) in [4.78, 5) is 0.